The molecule has 4 heteroatoms. The van der Waals surface area contributed by atoms with Gasteiger partial charge in [0.05, 0.1) is 17.3 Å². The first-order chi connectivity index (χ1) is 17.9. The van der Waals surface area contributed by atoms with E-state index in [1.54, 1.807) is 6.20 Å². The summed E-state index contributed by atoms with van der Waals surface area (Å²) < 4.78 is 0. The molecule has 0 saturated heterocycles. The number of aromatic nitrogens is 2. The zero-order valence-corrected chi connectivity index (χ0v) is 21.2. The highest BCUT2D eigenvalue weighted by atomic mass is 16.2. The van der Waals surface area contributed by atoms with Crippen molar-refractivity contribution in [1.82, 2.24) is 9.97 Å². The van der Waals surface area contributed by atoms with E-state index in [0.29, 0.717) is 11.9 Å². The Kier molecular flexibility index (Phi) is 4.56. The number of amides is 1. The van der Waals surface area contributed by atoms with Crippen LogP contribution in [0.25, 0.3) is 22.0 Å². The summed E-state index contributed by atoms with van der Waals surface area (Å²) in [6.07, 6.45) is 1.80. The minimum Gasteiger partial charge on any atom is -0.324 e. The van der Waals surface area contributed by atoms with E-state index in [1.165, 1.54) is 27.6 Å². The van der Waals surface area contributed by atoms with E-state index in [2.05, 4.69) is 109 Å². The average Bonchev–Trinajstić information content (AvgIpc) is 3.46. The monoisotopic (exact) mass is 483 g/mol. The molecule has 0 radical (unpaired) electrons. The van der Waals surface area contributed by atoms with Gasteiger partial charge in [-0.05, 0) is 33.0 Å². The van der Waals surface area contributed by atoms with Crippen LogP contribution < -0.4 is 5.32 Å². The molecule has 7 rings (SSSR count). The van der Waals surface area contributed by atoms with Crippen LogP contribution in [0.3, 0.4) is 0 Å². The number of H-pyrrole nitrogens is 1. The minimum atomic E-state index is -0.667. The molecule has 0 saturated carbocycles. The van der Waals surface area contributed by atoms with Crippen LogP contribution in [0, 0.1) is 5.41 Å². The first-order valence-corrected chi connectivity index (χ1v) is 12.9. The number of hydrogen-bond donors (Lipinski definition) is 2. The molecule has 182 valence electrons. The molecular weight excluding hydrogens is 454 g/mol. The van der Waals surface area contributed by atoms with Crippen molar-refractivity contribution in [2.75, 3.05) is 5.32 Å². The highest BCUT2D eigenvalue weighted by Gasteiger charge is 2.63. The Hall–Kier alpha value is -4.18. The standard InChI is InChI=1S/C33H29N3O/c1-32(2,29-24-15-7-6-14-23(24)28-25-16-8-9-18-26(25)33(28,29)3)30(37)36-31-34-19-27(35-31)22-17-10-12-20-11-4-5-13-21(20)22/h4-19,28-29H,1-3H3,(H2,34,35,36,37). The Morgan fingerprint density at radius 2 is 1.54 bits per heavy atom. The molecule has 4 nitrogen and oxygen atoms in total. The quantitative estimate of drug-likeness (QED) is 0.280. The Balaban J connectivity index is 1.23. The summed E-state index contributed by atoms with van der Waals surface area (Å²) in [7, 11) is 0. The highest BCUT2D eigenvalue weighted by molar-refractivity contribution is 5.97. The molecule has 0 fully saturated rings. The maximum atomic E-state index is 13.9. The fourth-order valence-electron chi connectivity index (χ4n) is 7.33. The number of carbonyl (C=O) groups excluding carboxylic acids is 1. The van der Waals surface area contributed by atoms with Gasteiger partial charge in [-0.15, -0.1) is 0 Å². The van der Waals surface area contributed by atoms with Gasteiger partial charge in [0.2, 0.25) is 11.9 Å². The first-order valence-electron chi connectivity index (χ1n) is 12.9. The van der Waals surface area contributed by atoms with E-state index < -0.39 is 5.41 Å². The van der Waals surface area contributed by atoms with Gasteiger partial charge in [-0.25, -0.2) is 4.98 Å². The van der Waals surface area contributed by atoms with E-state index in [9.17, 15) is 4.79 Å². The fraction of sp³-hybridized carbons (Fsp3) is 0.212. The number of benzene rings is 4. The van der Waals surface area contributed by atoms with E-state index in [-0.39, 0.29) is 17.2 Å². The number of fused-ring (bicyclic) bond motifs is 7. The van der Waals surface area contributed by atoms with Crippen LogP contribution in [0.5, 0.6) is 0 Å². The van der Waals surface area contributed by atoms with E-state index in [0.717, 1.165) is 16.6 Å². The van der Waals surface area contributed by atoms with Gasteiger partial charge in [0.15, 0.2) is 0 Å². The smallest absolute Gasteiger partial charge is 0.232 e. The van der Waals surface area contributed by atoms with Gasteiger partial charge in [0.1, 0.15) is 0 Å². The number of nitrogens with zero attached hydrogens (tertiary/aromatic N) is 1. The molecule has 0 aliphatic heterocycles. The second kappa shape index (κ2) is 7.66. The molecule has 0 bridgehead atoms. The molecule has 2 aliphatic rings. The van der Waals surface area contributed by atoms with Gasteiger partial charge >= 0.3 is 0 Å². The number of hydrogen-bond acceptors (Lipinski definition) is 2. The second-order valence-electron chi connectivity index (χ2n) is 11.2. The molecule has 1 heterocycles. The van der Waals surface area contributed by atoms with Crippen molar-refractivity contribution >= 4 is 22.6 Å². The second-order valence-corrected chi connectivity index (χ2v) is 11.2. The van der Waals surface area contributed by atoms with E-state index in [4.69, 9.17) is 0 Å². The lowest BCUT2D eigenvalue weighted by Gasteiger charge is -2.52. The van der Waals surface area contributed by atoms with Gasteiger partial charge in [0.25, 0.3) is 0 Å². The lowest BCUT2D eigenvalue weighted by Crippen LogP contribution is -2.49. The number of aromatic amines is 1. The number of nitrogens with one attached hydrogen (secondary N) is 2. The summed E-state index contributed by atoms with van der Waals surface area (Å²) in [5.74, 6) is 0.808. The van der Waals surface area contributed by atoms with Gasteiger partial charge in [-0.2, -0.15) is 0 Å². The SMILES string of the molecule is CC(C)(C(=O)Nc1ncc(-c2cccc3ccccc23)[nH]1)C1c2ccccc2C2c3ccccc3C21C. The minimum absolute atomic E-state index is 0.0302. The zero-order valence-electron chi connectivity index (χ0n) is 21.2. The van der Waals surface area contributed by atoms with Crippen molar-refractivity contribution in [3.05, 3.63) is 119 Å². The maximum absolute atomic E-state index is 13.9. The lowest BCUT2D eigenvalue weighted by atomic mass is 9.50. The molecule has 5 aromatic rings. The predicted octanol–water partition coefficient (Wildman–Crippen LogP) is 7.40. The summed E-state index contributed by atoms with van der Waals surface area (Å²) in [6.45, 7) is 6.49. The van der Waals surface area contributed by atoms with E-state index >= 15 is 0 Å². The topological polar surface area (TPSA) is 57.8 Å². The molecule has 37 heavy (non-hydrogen) atoms. The van der Waals surface area contributed by atoms with Crippen molar-refractivity contribution in [1.29, 1.82) is 0 Å². The summed E-state index contributed by atoms with van der Waals surface area (Å²) in [5.41, 5.74) is 6.54. The molecule has 4 aromatic carbocycles. The van der Waals surface area contributed by atoms with Gasteiger partial charge in [0, 0.05) is 22.8 Å². The van der Waals surface area contributed by atoms with Crippen LogP contribution in [0.2, 0.25) is 0 Å². The van der Waals surface area contributed by atoms with Crippen molar-refractivity contribution in [3.8, 4) is 11.3 Å². The van der Waals surface area contributed by atoms with Crippen LogP contribution in [-0.4, -0.2) is 15.9 Å². The molecule has 3 atom stereocenters. The third-order valence-corrected chi connectivity index (χ3v) is 8.86. The van der Waals surface area contributed by atoms with Crippen LogP contribution >= 0.6 is 0 Å². The Morgan fingerprint density at radius 1 is 0.865 bits per heavy atom. The molecule has 1 amide bonds. The molecule has 2 aliphatic carbocycles. The Morgan fingerprint density at radius 3 is 2.38 bits per heavy atom. The largest absolute Gasteiger partial charge is 0.324 e. The summed E-state index contributed by atoms with van der Waals surface area (Å²) >= 11 is 0. The Bertz CT molecular complexity index is 1690. The Labute approximate surface area is 216 Å². The molecular formula is C33H29N3O. The summed E-state index contributed by atoms with van der Waals surface area (Å²) in [6, 6.07) is 31.9. The van der Waals surface area contributed by atoms with Crippen LogP contribution in [0.15, 0.2) is 97.2 Å². The number of imidazole rings is 1. The summed E-state index contributed by atoms with van der Waals surface area (Å²) in [5, 5.41) is 5.44. The maximum Gasteiger partial charge on any atom is 0.232 e. The molecule has 2 N–H and O–H groups in total. The normalized spacial score (nSPS) is 21.6. The predicted molar refractivity (Wildman–Crippen MR) is 149 cm³/mol. The summed E-state index contributed by atoms with van der Waals surface area (Å²) in [4.78, 5) is 21.8. The zero-order chi connectivity index (χ0) is 25.4. The van der Waals surface area contributed by atoms with Gasteiger partial charge < -0.3 is 4.98 Å². The fourth-order valence-corrected chi connectivity index (χ4v) is 7.33. The van der Waals surface area contributed by atoms with Crippen molar-refractivity contribution in [3.63, 3.8) is 0 Å². The van der Waals surface area contributed by atoms with Crippen molar-refractivity contribution in [2.24, 2.45) is 5.41 Å². The van der Waals surface area contributed by atoms with Crippen molar-refractivity contribution in [2.45, 2.75) is 38.0 Å². The van der Waals surface area contributed by atoms with E-state index in [1.807, 2.05) is 18.2 Å². The van der Waals surface area contributed by atoms with Gasteiger partial charge in [-0.1, -0.05) is 112 Å². The average molecular weight is 484 g/mol. The third kappa shape index (κ3) is 2.96. The molecule has 0 spiro atoms. The van der Waals surface area contributed by atoms with Crippen LogP contribution in [-0.2, 0) is 10.2 Å². The molecule has 3 unspecified atom stereocenters. The number of carbonyl (C=O) groups is 1. The number of rotatable bonds is 4. The first kappa shape index (κ1) is 22.1. The van der Waals surface area contributed by atoms with Crippen LogP contribution in [0.1, 0.15) is 54.9 Å². The lowest BCUT2D eigenvalue weighted by molar-refractivity contribution is -0.126. The van der Waals surface area contributed by atoms with Crippen LogP contribution in [0.4, 0.5) is 5.95 Å². The van der Waals surface area contributed by atoms with Gasteiger partial charge in [-0.3, -0.25) is 10.1 Å². The third-order valence-electron chi connectivity index (χ3n) is 8.86. The highest BCUT2D eigenvalue weighted by Crippen LogP contribution is 2.70. The molecule has 1 aromatic heterocycles. The van der Waals surface area contributed by atoms with Crippen molar-refractivity contribution < 1.29 is 4.79 Å². The number of anilines is 1.